The van der Waals surface area contributed by atoms with E-state index in [0.29, 0.717) is 11.7 Å². The van der Waals surface area contributed by atoms with Crippen LogP contribution in [0.25, 0.3) is 5.69 Å². The molecule has 1 amide bonds. The third kappa shape index (κ3) is 3.96. The largest absolute Gasteiger partial charge is 0.337 e. The number of rotatable bonds is 5. The van der Waals surface area contributed by atoms with E-state index in [0.717, 1.165) is 30.4 Å². The first-order valence-electron chi connectivity index (χ1n) is 9.21. The summed E-state index contributed by atoms with van der Waals surface area (Å²) in [5.41, 5.74) is 3.70. The molecule has 0 saturated heterocycles. The van der Waals surface area contributed by atoms with Gasteiger partial charge in [0.2, 0.25) is 5.91 Å². The van der Waals surface area contributed by atoms with Gasteiger partial charge in [0, 0.05) is 36.0 Å². The van der Waals surface area contributed by atoms with E-state index < -0.39 is 0 Å². The number of fused-ring (bicyclic) bond motifs is 1. The number of imidazole rings is 1. The number of carbonyl (C=O) groups excluding carboxylic acids is 1. The number of benzene rings is 1. The molecule has 0 unspecified atom stereocenters. The molecule has 3 aromatic rings. The van der Waals surface area contributed by atoms with E-state index in [9.17, 15) is 4.79 Å². The predicted molar refractivity (Wildman–Crippen MR) is 112 cm³/mol. The molecule has 0 atom stereocenters. The number of aromatic nitrogens is 2. The molecule has 0 bridgehead atoms. The van der Waals surface area contributed by atoms with E-state index in [2.05, 4.69) is 59.1 Å². The van der Waals surface area contributed by atoms with Crippen molar-refractivity contribution in [1.82, 2.24) is 14.5 Å². The summed E-state index contributed by atoms with van der Waals surface area (Å²) >= 11 is 3.30. The lowest BCUT2D eigenvalue weighted by Crippen LogP contribution is -2.36. The Kier molecular flexibility index (Phi) is 5.36. The van der Waals surface area contributed by atoms with Gasteiger partial charge in [0.25, 0.3) is 0 Å². The molecule has 27 heavy (non-hydrogen) atoms. The van der Waals surface area contributed by atoms with Crippen LogP contribution >= 0.6 is 23.1 Å². The van der Waals surface area contributed by atoms with Crippen molar-refractivity contribution in [2.75, 3.05) is 12.3 Å². The topological polar surface area (TPSA) is 38.1 Å². The number of nitrogens with zero attached hydrogens (tertiary/aromatic N) is 3. The standard InChI is InChI=1S/C21H23N3OS2/c1-15(2)16-3-5-18(6-4-16)24-11-9-22-21(24)27-14-20(25)23-10-7-19-17(13-23)8-12-26-19/h3-6,8-9,11-12,15H,7,10,13-14H2,1-2H3. The smallest absolute Gasteiger partial charge is 0.233 e. The van der Waals surface area contributed by atoms with E-state index in [1.807, 2.05) is 11.1 Å². The molecule has 3 heterocycles. The van der Waals surface area contributed by atoms with E-state index in [1.165, 1.54) is 27.8 Å². The van der Waals surface area contributed by atoms with Crippen molar-refractivity contribution >= 4 is 29.0 Å². The second kappa shape index (κ2) is 7.90. The second-order valence-corrected chi connectivity index (χ2v) is 8.99. The Hall–Kier alpha value is -2.05. The Morgan fingerprint density at radius 3 is 2.85 bits per heavy atom. The maximum atomic E-state index is 12.7. The van der Waals surface area contributed by atoms with Gasteiger partial charge in [-0.3, -0.25) is 9.36 Å². The molecule has 0 spiro atoms. The SMILES string of the molecule is CC(C)c1ccc(-n2ccnc2SCC(=O)N2CCc3sccc3C2)cc1. The van der Waals surface area contributed by atoms with Gasteiger partial charge < -0.3 is 4.90 Å². The minimum atomic E-state index is 0.182. The number of carbonyl (C=O) groups is 1. The molecule has 2 aromatic heterocycles. The maximum absolute atomic E-state index is 12.7. The van der Waals surface area contributed by atoms with Crippen molar-refractivity contribution in [3.8, 4) is 5.69 Å². The molecule has 0 aliphatic carbocycles. The first-order chi connectivity index (χ1) is 13.1. The van der Waals surface area contributed by atoms with Gasteiger partial charge in [0.15, 0.2) is 5.16 Å². The molecule has 0 fully saturated rings. The fraction of sp³-hybridized carbons (Fsp3) is 0.333. The van der Waals surface area contributed by atoms with Crippen LogP contribution in [0, 0.1) is 0 Å². The van der Waals surface area contributed by atoms with E-state index >= 15 is 0 Å². The van der Waals surface area contributed by atoms with E-state index in [4.69, 9.17) is 0 Å². The van der Waals surface area contributed by atoms with Gasteiger partial charge in [0.05, 0.1) is 5.75 Å². The minimum absolute atomic E-state index is 0.182. The molecular formula is C21H23N3OS2. The zero-order chi connectivity index (χ0) is 18.8. The molecule has 4 nitrogen and oxygen atoms in total. The maximum Gasteiger partial charge on any atom is 0.233 e. The Labute approximate surface area is 168 Å². The number of thiophene rings is 1. The van der Waals surface area contributed by atoms with Crippen LogP contribution in [0.15, 0.2) is 53.3 Å². The highest BCUT2D eigenvalue weighted by Crippen LogP contribution is 2.26. The van der Waals surface area contributed by atoms with Gasteiger partial charge in [-0.25, -0.2) is 4.98 Å². The van der Waals surface area contributed by atoms with E-state index in [-0.39, 0.29) is 5.91 Å². The van der Waals surface area contributed by atoms with Gasteiger partial charge in [0.1, 0.15) is 0 Å². The Bertz CT molecular complexity index is 927. The third-order valence-corrected chi connectivity index (χ3v) is 6.90. The Morgan fingerprint density at radius 1 is 1.26 bits per heavy atom. The van der Waals surface area contributed by atoms with Crippen LogP contribution in [-0.2, 0) is 17.8 Å². The van der Waals surface area contributed by atoms with Crippen molar-refractivity contribution in [1.29, 1.82) is 0 Å². The Balaban J connectivity index is 1.41. The number of hydrogen-bond acceptors (Lipinski definition) is 4. The number of hydrogen-bond donors (Lipinski definition) is 0. The van der Waals surface area contributed by atoms with Crippen LogP contribution in [0.2, 0.25) is 0 Å². The molecule has 1 aliphatic rings. The summed E-state index contributed by atoms with van der Waals surface area (Å²) in [5.74, 6) is 1.11. The molecule has 1 aliphatic heterocycles. The summed E-state index contributed by atoms with van der Waals surface area (Å²) in [6.45, 7) is 5.94. The number of thioether (sulfide) groups is 1. The molecule has 140 valence electrons. The van der Waals surface area contributed by atoms with Gasteiger partial charge in [-0.1, -0.05) is 37.7 Å². The summed E-state index contributed by atoms with van der Waals surface area (Å²) in [4.78, 5) is 20.5. The first kappa shape index (κ1) is 18.3. The predicted octanol–water partition coefficient (Wildman–Crippen LogP) is 4.73. The fourth-order valence-electron chi connectivity index (χ4n) is 3.29. The lowest BCUT2D eigenvalue weighted by molar-refractivity contribution is -0.129. The average Bonchev–Trinajstić information content (AvgIpc) is 3.34. The number of amides is 1. The average molecular weight is 398 g/mol. The fourth-order valence-corrected chi connectivity index (χ4v) is 5.06. The van der Waals surface area contributed by atoms with Crippen LogP contribution in [-0.4, -0.2) is 32.7 Å². The molecule has 0 N–H and O–H groups in total. The second-order valence-electron chi connectivity index (χ2n) is 7.05. The zero-order valence-corrected chi connectivity index (χ0v) is 17.2. The monoisotopic (exact) mass is 397 g/mol. The summed E-state index contributed by atoms with van der Waals surface area (Å²) in [6.07, 6.45) is 4.72. The Morgan fingerprint density at radius 2 is 2.07 bits per heavy atom. The van der Waals surface area contributed by atoms with Crippen molar-refractivity contribution in [3.05, 3.63) is 64.1 Å². The quantitative estimate of drug-likeness (QED) is 0.584. The molecule has 4 rings (SSSR count). The minimum Gasteiger partial charge on any atom is -0.337 e. The van der Waals surface area contributed by atoms with E-state index in [1.54, 1.807) is 17.5 Å². The van der Waals surface area contributed by atoms with Crippen LogP contribution in [0.5, 0.6) is 0 Å². The van der Waals surface area contributed by atoms with Crippen LogP contribution in [0.3, 0.4) is 0 Å². The highest BCUT2D eigenvalue weighted by molar-refractivity contribution is 7.99. The summed E-state index contributed by atoms with van der Waals surface area (Å²) in [6, 6.07) is 10.7. The van der Waals surface area contributed by atoms with Crippen molar-refractivity contribution in [2.45, 2.75) is 37.9 Å². The van der Waals surface area contributed by atoms with Crippen LogP contribution < -0.4 is 0 Å². The van der Waals surface area contributed by atoms with Crippen LogP contribution in [0.1, 0.15) is 35.8 Å². The molecule has 0 radical (unpaired) electrons. The lowest BCUT2D eigenvalue weighted by Gasteiger charge is -2.26. The highest BCUT2D eigenvalue weighted by atomic mass is 32.2. The highest BCUT2D eigenvalue weighted by Gasteiger charge is 2.22. The molecule has 6 heteroatoms. The van der Waals surface area contributed by atoms with Crippen molar-refractivity contribution in [2.24, 2.45) is 0 Å². The van der Waals surface area contributed by atoms with Gasteiger partial charge in [-0.05, 0) is 47.0 Å². The van der Waals surface area contributed by atoms with Gasteiger partial charge >= 0.3 is 0 Å². The molecule has 0 saturated carbocycles. The summed E-state index contributed by atoms with van der Waals surface area (Å²) < 4.78 is 2.05. The zero-order valence-electron chi connectivity index (χ0n) is 15.6. The molecular weight excluding hydrogens is 374 g/mol. The van der Waals surface area contributed by atoms with Crippen molar-refractivity contribution in [3.63, 3.8) is 0 Å². The third-order valence-electron chi connectivity index (χ3n) is 4.93. The summed E-state index contributed by atoms with van der Waals surface area (Å²) in [7, 11) is 0. The van der Waals surface area contributed by atoms with Crippen LogP contribution in [0.4, 0.5) is 0 Å². The normalized spacial score (nSPS) is 13.8. The first-order valence-corrected chi connectivity index (χ1v) is 11.1. The van der Waals surface area contributed by atoms with Crippen molar-refractivity contribution < 1.29 is 4.79 Å². The lowest BCUT2D eigenvalue weighted by atomic mass is 10.0. The van der Waals surface area contributed by atoms with Gasteiger partial charge in [-0.15, -0.1) is 11.3 Å². The molecule has 1 aromatic carbocycles. The van der Waals surface area contributed by atoms with Gasteiger partial charge in [-0.2, -0.15) is 0 Å². The summed E-state index contributed by atoms with van der Waals surface area (Å²) in [5, 5.41) is 2.98.